The van der Waals surface area contributed by atoms with Gasteiger partial charge in [0.25, 0.3) is 11.6 Å². The largest absolute Gasteiger partial charge is 0.337 e. The molecule has 114 valence electrons. The smallest absolute Gasteiger partial charge is 0.271 e. The van der Waals surface area contributed by atoms with Crippen molar-refractivity contribution in [2.45, 2.75) is 0 Å². The molecule has 0 spiro atoms. The van der Waals surface area contributed by atoms with E-state index in [2.05, 4.69) is 0 Å². The molecular weight excluding hydrogens is 343 g/mol. The highest BCUT2D eigenvalue weighted by Crippen LogP contribution is 2.31. The first-order valence-electron chi connectivity index (χ1n) is 5.84. The minimum atomic E-state index is -3.13. The first kappa shape index (κ1) is 16.0. The lowest BCUT2D eigenvalue weighted by Crippen LogP contribution is -2.43. The van der Waals surface area contributed by atoms with Gasteiger partial charge >= 0.3 is 0 Å². The molecule has 1 heterocycles. The van der Waals surface area contributed by atoms with E-state index in [4.69, 9.17) is 23.2 Å². The lowest BCUT2D eigenvalue weighted by atomic mass is 10.1. The van der Waals surface area contributed by atoms with Crippen LogP contribution in [0.5, 0.6) is 0 Å². The van der Waals surface area contributed by atoms with Gasteiger partial charge in [-0.3, -0.25) is 14.9 Å². The van der Waals surface area contributed by atoms with Crippen molar-refractivity contribution >= 4 is 44.6 Å². The van der Waals surface area contributed by atoms with Crippen LogP contribution in [0.25, 0.3) is 0 Å². The number of benzene rings is 1. The topological polar surface area (TPSA) is 97.6 Å². The number of hydrogen-bond donors (Lipinski definition) is 0. The molecule has 1 aliphatic rings. The number of nitrogens with zero attached hydrogens (tertiary/aromatic N) is 2. The molecular formula is C11H10Cl2N2O5S. The normalized spacial score (nSPS) is 17.5. The first-order valence-corrected chi connectivity index (χ1v) is 8.42. The van der Waals surface area contributed by atoms with E-state index in [-0.39, 0.29) is 45.9 Å². The maximum atomic E-state index is 12.3. The van der Waals surface area contributed by atoms with Gasteiger partial charge < -0.3 is 4.90 Å². The van der Waals surface area contributed by atoms with Crippen molar-refractivity contribution in [1.29, 1.82) is 0 Å². The number of halogens is 2. The van der Waals surface area contributed by atoms with Crippen LogP contribution < -0.4 is 0 Å². The summed E-state index contributed by atoms with van der Waals surface area (Å²) < 4.78 is 22.7. The lowest BCUT2D eigenvalue weighted by molar-refractivity contribution is -0.384. The zero-order chi connectivity index (χ0) is 15.8. The molecule has 7 nitrogen and oxygen atoms in total. The summed E-state index contributed by atoms with van der Waals surface area (Å²) >= 11 is 11.7. The van der Waals surface area contributed by atoms with Crippen LogP contribution in [0.3, 0.4) is 0 Å². The SMILES string of the molecule is O=C(c1cc([N+](=O)[O-])cc(Cl)c1Cl)N1CCS(=O)(=O)CC1. The van der Waals surface area contributed by atoms with E-state index in [1.807, 2.05) is 0 Å². The Labute approximate surface area is 130 Å². The van der Waals surface area contributed by atoms with Crippen LogP contribution in [0.15, 0.2) is 12.1 Å². The van der Waals surface area contributed by atoms with Gasteiger partial charge in [0.15, 0.2) is 9.84 Å². The second-order valence-electron chi connectivity index (χ2n) is 4.49. The van der Waals surface area contributed by atoms with E-state index >= 15 is 0 Å². The Hall–Kier alpha value is -1.38. The highest BCUT2D eigenvalue weighted by atomic mass is 35.5. The molecule has 0 aliphatic carbocycles. The highest BCUT2D eigenvalue weighted by molar-refractivity contribution is 7.91. The van der Waals surface area contributed by atoms with Gasteiger partial charge in [0.1, 0.15) is 0 Å². The Morgan fingerprint density at radius 3 is 2.33 bits per heavy atom. The molecule has 1 amide bonds. The molecule has 0 aromatic heterocycles. The lowest BCUT2D eigenvalue weighted by Gasteiger charge is -2.27. The van der Waals surface area contributed by atoms with Crippen molar-refractivity contribution < 1.29 is 18.1 Å². The molecule has 0 bridgehead atoms. The second kappa shape index (κ2) is 5.78. The van der Waals surface area contributed by atoms with Gasteiger partial charge in [0.2, 0.25) is 0 Å². The maximum absolute atomic E-state index is 12.3. The molecule has 1 aliphatic heterocycles. The number of carbonyl (C=O) groups is 1. The number of non-ortho nitro benzene ring substituents is 1. The molecule has 2 rings (SSSR count). The number of amides is 1. The van der Waals surface area contributed by atoms with Crippen molar-refractivity contribution in [3.8, 4) is 0 Å². The van der Waals surface area contributed by atoms with Gasteiger partial charge in [-0.25, -0.2) is 8.42 Å². The molecule has 10 heteroatoms. The van der Waals surface area contributed by atoms with Gasteiger partial charge in [-0.1, -0.05) is 23.2 Å². The fraction of sp³-hybridized carbons (Fsp3) is 0.364. The second-order valence-corrected chi connectivity index (χ2v) is 7.58. The molecule has 0 unspecified atom stereocenters. The van der Waals surface area contributed by atoms with Crippen molar-refractivity contribution in [2.24, 2.45) is 0 Å². The summed E-state index contributed by atoms with van der Waals surface area (Å²) in [7, 11) is -3.13. The Bertz CT molecular complexity index is 706. The third-order valence-electron chi connectivity index (χ3n) is 3.09. The summed E-state index contributed by atoms with van der Waals surface area (Å²) in [5, 5.41) is 10.6. The van der Waals surface area contributed by atoms with E-state index in [0.717, 1.165) is 12.1 Å². The fourth-order valence-corrected chi connectivity index (χ4v) is 3.53. The van der Waals surface area contributed by atoms with Crippen LogP contribution in [0.4, 0.5) is 5.69 Å². The van der Waals surface area contributed by atoms with Crippen molar-refractivity contribution in [1.82, 2.24) is 4.90 Å². The molecule has 1 saturated heterocycles. The quantitative estimate of drug-likeness (QED) is 0.596. The van der Waals surface area contributed by atoms with Gasteiger partial charge in [-0.15, -0.1) is 0 Å². The molecule has 0 atom stereocenters. The van der Waals surface area contributed by atoms with Crippen LogP contribution in [0.1, 0.15) is 10.4 Å². The summed E-state index contributed by atoms with van der Waals surface area (Å²) in [4.78, 5) is 23.7. The zero-order valence-corrected chi connectivity index (χ0v) is 12.9. The molecule has 1 aromatic carbocycles. The van der Waals surface area contributed by atoms with Gasteiger partial charge in [0.05, 0.1) is 32.0 Å². The number of nitro benzene ring substituents is 1. The summed E-state index contributed by atoms with van der Waals surface area (Å²) in [5.41, 5.74) is -0.451. The van der Waals surface area contributed by atoms with Crippen molar-refractivity contribution in [3.05, 3.63) is 37.9 Å². The monoisotopic (exact) mass is 352 g/mol. The van der Waals surface area contributed by atoms with Gasteiger partial charge in [-0.05, 0) is 0 Å². The van der Waals surface area contributed by atoms with Crippen molar-refractivity contribution in [3.63, 3.8) is 0 Å². The Morgan fingerprint density at radius 2 is 1.81 bits per heavy atom. The number of rotatable bonds is 2. The predicted octanol–water partition coefficient (Wildman–Crippen LogP) is 1.77. The predicted molar refractivity (Wildman–Crippen MR) is 77.7 cm³/mol. The maximum Gasteiger partial charge on any atom is 0.271 e. The minimum absolute atomic E-state index is 0.0256. The fourth-order valence-electron chi connectivity index (χ4n) is 1.92. The average Bonchev–Trinajstić information content (AvgIpc) is 2.40. The van der Waals surface area contributed by atoms with E-state index < -0.39 is 20.7 Å². The number of hydrogen-bond acceptors (Lipinski definition) is 5. The first-order chi connectivity index (χ1) is 9.71. The summed E-state index contributed by atoms with van der Waals surface area (Å²) in [6.07, 6.45) is 0. The minimum Gasteiger partial charge on any atom is -0.337 e. The molecule has 0 radical (unpaired) electrons. The average molecular weight is 353 g/mol. The van der Waals surface area contributed by atoms with Crippen LogP contribution in [-0.4, -0.2) is 48.7 Å². The van der Waals surface area contributed by atoms with Crippen LogP contribution in [-0.2, 0) is 9.84 Å². The number of nitro groups is 1. The Morgan fingerprint density at radius 1 is 1.24 bits per heavy atom. The van der Waals surface area contributed by atoms with Crippen LogP contribution in [0.2, 0.25) is 10.0 Å². The van der Waals surface area contributed by atoms with E-state index in [1.54, 1.807) is 0 Å². The molecule has 1 aromatic rings. The van der Waals surface area contributed by atoms with Crippen molar-refractivity contribution in [2.75, 3.05) is 24.6 Å². The molecule has 21 heavy (non-hydrogen) atoms. The van der Waals surface area contributed by atoms with Crippen LogP contribution >= 0.6 is 23.2 Å². The third-order valence-corrected chi connectivity index (χ3v) is 5.50. The molecule has 0 N–H and O–H groups in total. The van der Waals surface area contributed by atoms with E-state index in [9.17, 15) is 23.3 Å². The van der Waals surface area contributed by atoms with E-state index in [0.29, 0.717) is 0 Å². The highest BCUT2D eigenvalue weighted by Gasteiger charge is 2.28. The summed E-state index contributed by atoms with van der Waals surface area (Å²) in [6.45, 7) is 0.0512. The van der Waals surface area contributed by atoms with Gasteiger partial charge in [-0.2, -0.15) is 0 Å². The molecule has 0 saturated carbocycles. The van der Waals surface area contributed by atoms with Crippen LogP contribution in [0, 0.1) is 10.1 Å². The summed E-state index contributed by atoms with van der Waals surface area (Å²) in [5.74, 6) is -0.849. The van der Waals surface area contributed by atoms with Gasteiger partial charge in [0, 0.05) is 25.2 Å². The third kappa shape index (κ3) is 3.45. The van der Waals surface area contributed by atoms with E-state index in [1.165, 1.54) is 4.90 Å². The molecule has 1 fully saturated rings. The number of carbonyl (C=O) groups excluding carboxylic acids is 1. The Balaban J connectivity index is 2.33. The summed E-state index contributed by atoms with van der Waals surface area (Å²) in [6, 6.07) is 2.10. The Kier molecular flexibility index (Phi) is 4.40. The standard InChI is InChI=1S/C11H10Cl2N2O5S/c12-9-6-7(15(17)18)5-8(10(9)13)11(16)14-1-3-21(19,20)4-2-14/h5-6H,1-4H2. The zero-order valence-electron chi connectivity index (χ0n) is 10.6. The number of sulfone groups is 1.